The molecule has 0 bridgehead atoms. The molecule has 0 radical (unpaired) electrons. The van der Waals surface area contributed by atoms with Crippen LogP contribution in [0.2, 0.25) is 0 Å². The molecule has 6 nitrogen and oxygen atoms in total. The van der Waals surface area contributed by atoms with Crippen LogP contribution in [0, 0.1) is 0 Å². The number of amides is 3. The number of rotatable bonds is 6. The van der Waals surface area contributed by atoms with Crippen LogP contribution >= 0.6 is 15.9 Å². The molecule has 1 unspecified atom stereocenters. The summed E-state index contributed by atoms with van der Waals surface area (Å²) in [6, 6.07) is 24.3. The van der Waals surface area contributed by atoms with Crippen molar-refractivity contribution in [3.63, 3.8) is 0 Å². The molecule has 3 N–H and O–H groups in total. The molecule has 0 fully saturated rings. The first-order valence-electron chi connectivity index (χ1n) is 9.29. The molecule has 0 aliphatic heterocycles. The van der Waals surface area contributed by atoms with Crippen molar-refractivity contribution >= 4 is 33.7 Å². The molecule has 3 rings (SSSR count). The highest BCUT2D eigenvalue weighted by Gasteiger charge is 2.20. The molecular weight excluding hydrogens is 446 g/mol. The zero-order valence-electron chi connectivity index (χ0n) is 16.0. The van der Waals surface area contributed by atoms with Crippen LogP contribution in [0.1, 0.15) is 38.7 Å². The fourth-order valence-electron chi connectivity index (χ4n) is 2.84. The van der Waals surface area contributed by atoms with E-state index in [9.17, 15) is 14.4 Å². The maximum atomic E-state index is 12.6. The summed E-state index contributed by atoms with van der Waals surface area (Å²) in [5.41, 5.74) is 6.50. The van der Waals surface area contributed by atoms with Gasteiger partial charge in [0.05, 0.1) is 18.0 Å². The molecular formula is C23H20BrN3O3. The Kier molecular flexibility index (Phi) is 7.34. The van der Waals surface area contributed by atoms with Crippen molar-refractivity contribution in [1.29, 1.82) is 0 Å². The maximum absolute atomic E-state index is 12.6. The van der Waals surface area contributed by atoms with Crippen molar-refractivity contribution in [2.75, 3.05) is 0 Å². The lowest BCUT2D eigenvalue weighted by Gasteiger charge is -2.19. The van der Waals surface area contributed by atoms with Gasteiger partial charge in [0, 0.05) is 10.0 Å². The van der Waals surface area contributed by atoms with Gasteiger partial charge < -0.3 is 5.32 Å². The van der Waals surface area contributed by atoms with E-state index in [0.717, 1.165) is 5.56 Å². The van der Waals surface area contributed by atoms with Crippen LogP contribution in [-0.2, 0) is 4.79 Å². The van der Waals surface area contributed by atoms with Crippen molar-refractivity contribution in [3.05, 3.63) is 106 Å². The summed E-state index contributed by atoms with van der Waals surface area (Å²) in [4.78, 5) is 37.3. The zero-order valence-corrected chi connectivity index (χ0v) is 17.6. The van der Waals surface area contributed by atoms with Crippen molar-refractivity contribution in [2.24, 2.45) is 0 Å². The quantitative estimate of drug-likeness (QED) is 0.484. The molecule has 0 aliphatic carbocycles. The second-order valence-electron chi connectivity index (χ2n) is 6.49. The normalized spacial score (nSPS) is 11.2. The second-order valence-corrected chi connectivity index (χ2v) is 7.34. The fourth-order valence-corrected chi connectivity index (χ4v) is 3.31. The number of benzene rings is 3. The first kappa shape index (κ1) is 21.3. The monoisotopic (exact) mass is 465 g/mol. The van der Waals surface area contributed by atoms with E-state index in [1.165, 1.54) is 0 Å². The molecule has 152 valence electrons. The van der Waals surface area contributed by atoms with Crippen LogP contribution in [0.15, 0.2) is 89.4 Å². The lowest BCUT2D eigenvalue weighted by Crippen LogP contribution is -2.43. The van der Waals surface area contributed by atoms with Gasteiger partial charge in [-0.15, -0.1) is 0 Å². The van der Waals surface area contributed by atoms with E-state index >= 15 is 0 Å². The molecule has 3 aromatic carbocycles. The molecule has 0 saturated heterocycles. The Labute approximate surface area is 182 Å². The van der Waals surface area contributed by atoms with E-state index < -0.39 is 17.9 Å². The Morgan fingerprint density at radius 2 is 1.33 bits per heavy atom. The standard InChI is InChI=1S/C23H20BrN3O3/c24-19-14-8-7-13-18(19)23(30)27-26-21(28)15-20(16-9-3-1-4-10-16)25-22(29)17-11-5-2-6-12-17/h1-14,20H,15H2,(H,25,29)(H,26,28)(H,27,30). The predicted octanol–water partition coefficient (Wildman–Crippen LogP) is 3.77. The van der Waals surface area contributed by atoms with Crippen molar-refractivity contribution in [2.45, 2.75) is 12.5 Å². The van der Waals surface area contributed by atoms with E-state index in [1.54, 1.807) is 48.5 Å². The van der Waals surface area contributed by atoms with Gasteiger partial charge in [-0.1, -0.05) is 60.7 Å². The van der Waals surface area contributed by atoms with E-state index in [4.69, 9.17) is 0 Å². The molecule has 0 heterocycles. The van der Waals surface area contributed by atoms with Crippen LogP contribution in [0.25, 0.3) is 0 Å². The number of hydrazine groups is 1. The SMILES string of the molecule is O=C(CC(NC(=O)c1ccccc1)c1ccccc1)NNC(=O)c1ccccc1Br. The minimum Gasteiger partial charge on any atom is -0.345 e. The van der Waals surface area contributed by atoms with Crippen molar-refractivity contribution in [3.8, 4) is 0 Å². The molecule has 3 amide bonds. The van der Waals surface area contributed by atoms with Gasteiger partial charge in [0.2, 0.25) is 5.91 Å². The zero-order chi connectivity index (χ0) is 21.3. The lowest BCUT2D eigenvalue weighted by atomic mass is 10.0. The summed E-state index contributed by atoms with van der Waals surface area (Å²) < 4.78 is 0.619. The summed E-state index contributed by atoms with van der Waals surface area (Å²) in [7, 11) is 0. The molecule has 0 aromatic heterocycles. The summed E-state index contributed by atoms with van der Waals surface area (Å²) in [6.07, 6.45) is -0.0428. The molecule has 0 saturated carbocycles. The lowest BCUT2D eigenvalue weighted by molar-refractivity contribution is -0.122. The number of carbonyl (C=O) groups is 3. The minimum atomic E-state index is -0.556. The smallest absolute Gasteiger partial charge is 0.270 e. The Morgan fingerprint density at radius 1 is 0.733 bits per heavy atom. The van der Waals surface area contributed by atoms with Gasteiger partial charge in [0.15, 0.2) is 0 Å². The summed E-state index contributed by atoms with van der Waals surface area (Å²) in [5, 5.41) is 2.89. The third-order valence-corrected chi connectivity index (χ3v) is 5.06. The van der Waals surface area contributed by atoms with Gasteiger partial charge >= 0.3 is 0 Å². The molecule has 30 heavy (non-hydrogen) atoms. The molecule has 0 aliphatic rings. The average Bonchev–Trinajstić information content (AvgIpc) is 2.78. The van der Waals surface area contributed by atoms with Crippen LogP contribution in [0.4, 0.5) is 0 Å². The van der Waals surface area contributed by atoms with Gasteiger partial charge in [-0.05, 0) is 45.8 Å². The summed E-state index contributed by atoms with van der Waals surface area (Å²) in [6.45, 7) is 0. The molecule has 7 heteroatoms. The van der Waals surface area contributed by atoms with Gasteiger partial charge in [-0.2, -0.15) is 0 Å². The highest BCUT2D eigenvalue weighted by Crippen LogP contribution is 2.18. The van der Waals surface area contributed by atoms with Crippen molar-refractivity contribution < 1.29 is 14.4 Å². The maximum Gasteiger partial charge on any atom is 0.270 e. The van der Waals surface area contributed by atoms with Gasteiger partial charge in [-0.25, -0.2) is 0 Å². The Hall–Kier alpha value is -3.45. The highest BCUT2D eigenvalue weighted by atomic mass is 79.9. The van der Waals surface area contributed by atoms with Crippen LogP contribution < -0.4 is 16.2 Å². The van der Waals surface area contributed by atoms with Crippen LogP contribution in [0.5, 0.6) is 0 Å². The van der Waals surface area contributed by atoms with Crippen LogP contribution in [0.3, 0.4) is 0 Å². The van der Waals surface area contributed by atoms with Gasteiger partial charge in [0.1, 0.15) is 0 Å². The van der Waals surface area contributed by atoms with Gasteiger partial charge in [0.25, 0.3) is 11.8 Å². The van der Waals surface area contributed by atoms with E-state index in [1.807, 2.05) is 36.4 Å². The number of halogens is 1. The number of hydrogen-bond donors (Lipinski definition) is 3. The number of hydrogen-bond acceptors (Lipinski definition) is 3. The van der Waals surface area contributed by atoms with Crippen molar-refractivity contribution in [1.82, 2.24) is 16.2 Å². The van der Waals surface area contributed by atoms with E-state index in [0.29, 0.717) is 15.6 Å². The fraction of sp³-hybridized carbons (Fsp3) is 0.0870. The average molecular weight is 466 g/mol. The minimum absolute atomic E-state index is 0.0428. The largest absolute Gasteiger partial charge is 0.345 e. The third-order valence-electron chi connectivity index (χ3n) is 4.37. The first-order valence-corrected chi connectivity index (χ1v) is 10.1. The number of carbonyl (C=O) groups excluding carboxylic acids is 3. The summed E-state index contributed by atoms with van der Waals surface area (Å²) >= 11 is 3.30. The Bertz CT molecular complexity index is 1030. The highest BCUT2D eigenvalue weighted by molar-refractivity contribution is 9.10. The second kappa shape index (κ2) is 10.4. The topological polar surface area (TPSA) is 87.3 Å². The third kappa shape index (κ3) is 5.78. The number of nitrogens with one attached hydrogen (secondary N) is 3. The molecule has 0 spiro atoms. The predicted molar refractivity (Wildman–Crippen MR) is 117 cm³/mol. The first-order chi connectivity index (χ1) is 14.5. The van der Waals surface area contributed by atoms with Gasteiger partial charge in [-0.3, -0.25) is 25.2 Å². The van der Waals surface area contributed by atoms with E-state index in [2.05, 4.69) is 32.1 Å². The Morgan fingerprint density at radius 3 is 2.00 bits per heavy atom. The van der Waals surface area contributed by atoms with Crippen LogP contribution in [-0.4, -0.2) is 17.7 Å². The van der Waals surface area contributed by atoms with E-state index in [-0.39, 0.29) is 12.3 Å². The summed E-state index contributed by atoms with van der Waals surface area (Å²) in [5.74, 6) is -1.16. The Balaban J connectivity index is 1.65. The molecule has 3 aromatic rings. The molecule has 1 atom stereocenters.